The average Bonchev–Trinajstić information content (AvgIpc) is 2.15. The molecule has 1 heterocycles. The summed E-state index contributed by atoms with van der Waals surface area (Å²) in [5.41, 5.74) is 7.28. The molecule has 0 bridgehead atoms. The smallest absolute Gasteiger partial charge is 0.216 e. The fraction of sp³-hybridized carbons (Fsp3) is 0.500. The number of halogens is 1. The van der Waals surface area contributed by atoms with Crippen LogP contribution in [0.3, 0.4) is 0 Å². The van der Waals surface area contributed by atoms with Gasteiger partial charge in [-0.25, -0.2) is 9.37 Å². The molecule has 0 saturated heterocycles. The van der Waals surface area contributed by atoms with Crippen molar-refractivity contribution in [3.8, 4) is 5.88 Å². The van der Waals surface area contributed by atoms with Gasteiger partial charge in [-0.05, 0) is 25.5 Å². The molecule has 0 aliphatic carbocycles. The molecule has 14 heavy (non-hydrogen) atoms. The molecule has 0 fully saturated rings. The summed E-state index contributed by atoms with van der Waals surface area (Å²) in [5.74, 6) is 0.478. The highest BCUT2D eigenvalue weighted by Crippen LogP contribution is 2.15. The Morgan fingerprint density at radius 2 is 2.36 bits per heavy atom. The molecule has 0 amide bonds. The Kier molecular flexibility index (Phi) is 3.83. The Morgan fingerprint density at radius 1 is 1.64 bits per heavy atom. The van der Waals surface area contributed by atoms with Crippen molar-refractivity contribution in [1.82, 2.24) is 4.98 Å². The lowest BCUT2D eigenvalue weighted by Crippen LogP contribution is -2.10. The summed E-state index contributed by atoms with van der Waals surface area (Å²) < 4.78 is 17.7. The third kappa shape index (κ3) is 2.96. The first-order chi connectivity index (χ1) is 6.63. The van der Waals surface area contributed by atoms with Crippen LogP contribution in [0.1, 0.15) is 18.1 Å². The summed E-state index contributed by atoms with van der Waals surface area (Å²) in [6.07, 6.45) is 0.663. The molecular formula is C10H15FN2O. The number of pyridine rings is 1. The van der Waals surface area contributed by atoms with Gasteiger partial charge in [0.25, 0.3) is 0 Å². The summed E-state index contributed by atoms with van der Waals surface area (Å²) >= 11 is 0. The van der Waals surface area contributed by atoms with Crippen LogP contribution in [-0.2, 0) is 6.54 Å². The Hall–Kier alpha value is -1.16. The maximum atomic E-state index is 12.5. The molecule has 1 rings (SSSR count). The highest BCUT2D eigenvalue weighted by molar-refractivity contribution is 5.28. The molecule has 2 N–H and O–H groups in total. The van der Waals surface area contributed by atoms with Gasteiger partial charge in [0.15, 0.2) is 0 Å². The van der Waals surface area contributed by atoms with Gasteiger partial charge in [0, 0.05) is 18.3 Å². The highest BCUT2D eigenvalue weighted by atomic mass is 19.1. The minimum atomic E-state index is -0.981. The number of nitrogens with two attached hydrogens (primary N) is 1. The Bertz CT molecular complexity index is 302. The normalized spacial score (nSPS) is 12.6. The van der Waals surface area contributed by atoms with Crippen molar-refractivity contribution in [3.05, 3.63) is 23.4 Å². The van der Waals surface area contributed by atoms with Gasteiger partial charge in [-0.3, -0.25) is 0 Å². The molecule has 1 aromatic rings. The molecule has 0 saturated carbocycles. The van der Waals surface area contributed by atoms with E-state index in [9.17, 15) is 4.39 Å². The molecule has 1 unspecified atom stereocenters. The third-order valence-corrected chi connectivity index (χ3v) is 1.77. The minimum Gasteiger partial charge on any atom is -0.474 e. The van der Waals surface area contributed by atoms with Gasteiger partial charge in [-0.15, -0.1) is 0 Å². The molecule has 0 aliphatic rings. The van der Waals surface area contributed by atoms with Crippen molar-refractivity contribution < 1.29 is 9.13 Å². The van der Waals surface area contributed by atoms with Crippen LogP contribution in [-0.4, -0.2) is 17.8 Å². The molecular weight excluding hydrogens is 183 g/mol. The number of alkyl halides is 1. The molecule has 1 atom stereocenters. The van der Waals surface area contributed by atoms with E-state index < -0.39 is 6.17 Å². The van der Waals surface area contributed by atoms with E-state index in [-0.39, 0.29) is 6.61 Å². The molecule has 4 heteroatoms. The number of rotatable bonds is 4. The van der Waals surface area contributed by atoms with Gasteiger partial charge < -0.3 is 10.5 Å². The van der Waals surface area contributed by atoms with Crippen molar-refractivity contribution in [2.75, 3.05) is 6.61 Å². The van der Waals surface area contributed by atoms with Gasteiger partial charge in [-0.2, -0.15) is 0 Å². The first-order valence-electron chi connectivity index (χ1n) is 4.56. The van der Waals surface area contributed by atoms with Gasteiger partial charge in [-0.1, -0.05) is 0 Å². The lowest BCUT2D eigenvalue weighted by Gasteiger charge is -2.09. The average molecular weight is 198 g/mol. The molecule has 0 aromatic carbocycles. The predicted molar refractivity (Wildman–Crippen MR) is 52.9 cm³/mol. The second-order valence-electron chi connectivity index (χ2n) is 3.26. The molecule has 0 spiro atoms. The lowest BCUT2D eigenvalue weighted by atomic mass is 10.2. The van der Waals surface area contributed by atoms with E-state index in [1.807, 2.05) is 13.0 Å². The number of hydrogen-bond acceptors (Lipinski definition) is 3. The Morgan fingerprint density at radius 3 is 2.86 bits per heavy atom. The third-order valence-electron chi connectivity index (χ3n) is 1.77. The van der Waals surface area contributed by atoms with Crippen molar-refractivity contribution >= 4 is 0 Å². The van der Waals surface area contributed by atoms with E-state index in [0.29, 0.717) is 12.4 Å². The number of aryl methyl sites for hydroxylation is 1. The topological polar surface area (TPSA) is 48.1 Å². The predicted octanol–water partition coefficient (Wildman–Crippen LogP) is 1.59. The number of aromatic nitrogens is 1. The second-order valence-corrected chi connectivity index (χ2v) is 3.26. The summed E-state index contributed by atoms with van der Waals surface area (Å²) in [6, 6.07) is 1.89. The monoisotopic (exact) mass is 198 g/mol. The SMILES string of the molecule is Cc1cc(CN)cnc1OCC(C)F. The Labute approximate surface area is 83.1 Å². The van der Waals surface area contributed by atoms with Gasteiger partial charge >= 0.3 is 0 Å². The number of nitrogens with zero attached hydrogens (tertiary/aromatic N) is 1. The molecule has 1 aromatic heterocycles. The molecule has 0 radical (unpaired) electrons. The summed E-state index contributed by atoms with van der Waals surface area (Å²) in [4.78, 5) is 4.05. The van der Waals surface area contributed by atoms with E-state index >= 15 is 0 Å². The van der Waals surface area contributed by atoms with Gasteiger partial charge in [0.2, 0.25) is 5.88 Å². The van der Waals surface area contributed by atoms with Crippen molar-refractivity contribution in [3.63, 3.8) is 0 Å². The zero-order valence-electron chi connectivity index (χ0n) is 8.46. The van der Waals surface area contributed by atoms with Crippen LogP contribution >= 0.6 is 0 Å². The van der Waals surface area contributed by atoms with Gasteiger partial charge in [0.1, 0.15) is 12.8 Å². The van der Waals surface area contributed by atoms with E-state index in [1.54, 1.807) is 6.20 Å². The fourth-order valence-electron chi connectivity index (χ4n) is 1.08. The first kappa shape index (κ1) is 10.9. The maximum Gasteiger partial charge on any atom is 0.216 e. The summed E-state index contributed by atoms with van der Waals surface area (Å²) in [6.45, 7) is 3.80. The molecule has 3 nitrogen and oxygen atoms in total. The number of ether oxygens (including phenoxy) is 1. The lowest BCUT2D eigenvalue weighted by molar-refractivity contribution is 0.203. The van der Waals surface area contributed by atoms with E-state index in [0.717, 1.165) is 11.1 Å². The molecule has 78 valence electrons. The van der Waals surface area contributed by atoms with Crippen LogP contribution in [0.4, 0.5) is 4.39 Å². The van der Waals surface area contributed by atoms with Gasteiger partial charge in [0.05, 0.1) is 0 Å². The standard InChI is InChI=1S/C10H15FN2O/c1-7-3-9(4-12)5-13-10(7)14-6-8(2)11/h3,5,8H,4,6,12H2,1-2H3. The zero-order valence-corrected chi connectivity index (χ0v) is 8.46. The quantitative estimate of drug-likeness (QED) is 0.799. The van der Waals surface area contributed by atoms with E-state index in [1.165, 1.54) is 6.92 Å². The summed E-state index contributed by atoms with van der Waals surface area (Å²) in [7, 11) is 0. The largest absolute Gasteiger partial charge is 0.474 e. The summed E-state index contributed by atoms with van der Waals surface area (Å²) in [5, 5.41) is 0. The van der Waals surface area contributed by atoms with Crippen LogP contribution in [0.5, 0.6) is 5.88 Å². The van der Waals surface area contributed by atoms with Crippen molar-refractivity contribution in [2.45, 2.75) is 26.6 Å². The van der Waals surface area contributed by atoms with Crippen LogP contribution in [0.25, 0.3) is 0 Å². The Balaban J connectivity index is 2.69. The first-order valence-corrected chi connectivity index (χ1v) is 4.56. The van der Waals surface area contributed by atoms with Crippen LogP contribution in [0, 0.1) is 6.92 Å². The van der Waals surface area contributed by atoms with Crippen LogP contribution in [0.2, 0.25) is 0 Å². The zero-order chi connectivity index (χ0) is 10.6. The minimum absolute atomic E-state index is 0.0375. The van der Waals surface area contributed by atoms with Crippen LogP contribution in [0.15, 0.2) is 12.3 Å². The number of hydrogen-bond donors (Lipinski definition) is 1. The van der Waals surface area contributed by atoms with Crippen LogP contribution < -0.4 is 10.5 Å². The second kappa shape index (κ2) is 4.91. The molecule has 0 aliphatic heterocycles. The maximum absolute atomic E-state index is 12.5. The highest BCUT2D eigenvalue weighted by Gasteiger charge is 2.04. The van der Waals surface area contributed by atoms with E-state index in [2.05, 4.69) is 4.98 Å². The van der Waals surface area contributed by atoms with Crippen molar-refractivity contribution in [1.29, 1.82) is 0 Å². The van der Waals surface area contributed by atoms with Crippen molar-refractivity contribution in [2.24, 2.45) is 5.73 Å². The fourth-order valence-corrected chi connectivity index (χ4v) is 1.08. The van der Waals surface area contributed by atoms with E-state index in [4.69, 9.17) is 10.5 Å².